The van der Waals surface area contributed by atoms with Crippen LogP contribution in [0.3, 0.4) is 0 Å². The molecule has 5 nitrogen and oxygen atoms in total. The Labute approximate surface area is 157 Å². The maximum atomic E-state index is 13.1. The third kappa shape index (κ3) is 4.59. The molecule has 26 heavy (non-hydrogen) atoms. The number of hydrogen-bond acceptors (Lipinski definition) is 4. The van der Waals surface area contributed by atoms with Crippen LogP contribution < -0.4 is 5.32 Å². The molecule has 2 aromatic rings. The summed E-state index contributed by atoms with van der Waals surface area (Å²) in [6.45, 7) is 4.90. The average molecular weight is 370 g/mol. The molecule has 0 unspecified atom stereocenters. The van der Waals surface area contributed by atoms with Crippen molar-refractivity contribution in [3.05, 3.63) is 64.0 Å². The van der Waals surface area contributed by atoms with Crippen LogP contribution in [0.1, 0.15) is 29.1 Å². The van der Waals surface area contributed by atoms with Crippen molar-refractivity contribution >= 4 is 29.2 Å². The van der Waals surface area contributed by atoms with Gasteiger partial charge in [0.05, 0.1) is 12.2 Å². The van der Waals surface area contributed by atoms with Gasteiger partial charge in [0.1, 0.15) is 5.70 Å². The smallest absolute Gasteiger partial charge is 0.270 e. The van der Waals surface area contributed by atoms with E-state index >= 15 is 0 Å². The SMILES string of the molecule is C[C@H]1CN(C(=O)/C(=C/c2cccs2)NC(=O)c2ccccc2)C[C@H](C)O1. The second kappa shape index (κ2) is 8.29. The molecule has 1 N–H and O–H groups in total. The quantitative estimate of drug-likeness (QED) is 0.841. The van der Waals surface area contributed by atoms with Gasteiger partial charge in [-0.15, -0.1) is 11.3 Å². The summed E-state index contributed by atoms with van der Waals surface area (Å²) in [6.07, 6.45) is 1.67. The van der Waals surface area contributed by atoms with Gasteiger partial charge in [0, 0.05) is 23.5 Å². The van der Waals surface area contributed by atoms with E-state index in [4.69, 9.17) is 4.74 Å². The molecule has 136 valence electrons. The highest BCUT2D eigenvalue weighted by atomic mass is 32.1. The summed E-state index contributed by atoms with van der Waals surface area (Å²) in [5, 5.41) is 4.73. The number of nitrogens with one attached hydrogen (secondary N) is 1. The number of thiophene rings is 1. The first-order valence-corrected chi connectivity index (χ1v) is 9.47. The number of benzene rings is 1. The van der Waals surface area contributed by atoms with E-state index in [1.807, 2.05) is 37.4 Å². The highest BCUT2D eigenvalue weighted by Gasteiger charge is 2.28. The van der Waals surface area contributed by atoms with E-state index < -0.39 is 0 Å². The van der Waals surface area contributed by atoms with Gasteiger partial charge >= 0.3 is 0 Å². The van der Waals surface area contributed by atoms with Gasteiger partial charge < -0.3 is 15.0 Å². The van der Waals surface area contributed by atoms with Gasteiger partial charge in [-0.25, -0.2) is 0 Å². The predicted octanol–water partition coefficient (Wildman–Crippen LogP) is 3.15. The Balaban J connectivity index is 1.84. The molecule has 1 aromatic carbocycles. The molecule has 0 aliphatic carbocycles. The summed E-state index contributed by atoms with van der Waals surface area (Å²) in [5.41, 5.74) is 0.795. The maximum absolute atomic E-state index is 13.1. The molecule has 6 heteroatoms. The minimum Gasteiger partial charge on any atom is -0.372 e. The summed E-state index contributed by atoms with van der Waals surface area (Å²) < 4.78 is 5.70. The van der Waals surface area contributed by atoms with Gasteiger partial charge in [0.15, 0.2) is 0 Å². The van der Waals surface area contributed by atoms with Crippen molar-refractivity contribution in [3.8, 4) is 0 Å². The fourth-order valence-electron chi connectivity index (χ4n) is 2.97. The highest BCUT2D eigenvalue weighted by Crippen LogP contribution is 2.17. The number of rotatable bonds is 4. The van der Waals surface area contributed by atoms with Crippen LogP contribution in [-0.2, 0) is 9.53 Å². The van der Waals surface area contributed by atoms with Crippen LogP contribution in [0.5, 0.6) is 0 Å². The van der Waals surface area contributed by atoms with Gasteiger partial charge in [0.2, 0.25) is 0 Å². The van der Waals surface area contributed by atoms with E-state index in [0.29, 0.717) is 18.7 Å². The minimum atomic E-state index is -0.295. The molecule has 1 aliphatic heterocycles. The lowest BCUT2D eigenvalue weighted by molar-refractivity contribution is -0.139. The van der Waals surface area contributed by atoms with Crippen molar-refractivity contribution in [1.29, 1.82) is 0 Å². The van der Waals surface area contributed by atoms with Gasteiger partial charge in [-0.3, -0.25) is 9.59 Å². The van der Waals surface area contributed by atoms with Gasteiger partial charge in [-0.1, -0.05) is 24.3 Å². The fourth-order valence-corrected chi connectivity index (χ4v) is 3.62. The van der Waals surface area contributed by atoms with E-state index in [9.17, 15) is 9.59 Å². The van der Waals surface area contributed by atoms with Gasteiger partial charge in [-0.2, -0.15) is 0 Å². The molecular weight excluding hydrogens is 348 g/mol. The van der Waals surface area contributed by atoms with Crippen molar-refractivity contribution in [2.75, 3.05) is 13.1 Å². The van der Waals surface area contributed by atoms with E-state index in [1.165, 1.54) is 11.3 Å². The Hall–Kier alpha value is -2.44. The lowest BCUT2D eigenvalue weighted by Crippen LogP contribution is -2.50. The summed E-state index contributed by atoms with van der Waals surface area (Å²) in [4.78, 5) is 28.3. The molecule has 2 heterocycles. The van der Waals surface area contributed by atoms with Gasteiger partial charge in [-0.05, 0) is 43.5 Å². The van der Waals surface area contributed by atoms with E-state index in [1.54, 1.807) is 35.2 Å². The van der Waals surface area contributed by atoms with Crippen LogP contribution in [0.4, 0.5) is 0 Å². The summed E-state index contributed by atoms with van der Waals surface area (Å²) in [6, 6.07) is 12.7. The highest BCUT2D eigenvalue weighted by molar-refractivity contribution is 7.10. The first kappa shape index (κ1) is 18.4. The molecule has 2 atom stereocenters. The zero-order chi connectivity index (χ0) is 18.5. The molecule has 2 amide bonds. The number of carbonyl (C=O) groups excluding carboxylic acids is 2. The molecule has 0 bridgehead atoms. The first-order chi connectivity index (χ1) is 12.5. The predicted molar refractivity (Wildman–Crippen MR) is 103 cm³/mol. The number of ether oxygens (including phenoxy) is 1. The minimum absolute atomic E-state index is 0.0319. The summed E-state index contributed by atoms with van der Waals surface area (Å²) in [5.74, 6) is -0.485. The third-order valence-corrected chi connectivity index (χ3v) is 4.87. The molecular formula is C20H22N2O3S. The Morgan fingerprint density at radius 2 is 1.81 bits per heavy atom. The monoisotopic (exact) mass is 370 g/mol. The molecule has 0 saturated carbocycles. The van der Waals surface area contributed by atoms with Crippen LogP contribution in [-0.4, -0.2) is 42.0 Å². The topological polar surface area (TPSA) is 58.6 Å². The lowest BCUT2D eigenvalue weighted by atomic mass is 10.2. The van der Waals surface area contributed by atoms with Crippen LogP contribution in [0.25, 0.3) is 6.08 Å². The van der Waals surface area contributed by atoms with Crippen molar-refractivity contribution in [2.24, 2.45) is 0 Å². The molecule has 1 saturated heterocycles. The average Bonchev–Trinajstić information content (AvgIpc) is 3.13. The van der Waals surface area contributed by atoms with E-state index in [-0.39, 0.29) is 29.7 Å². The van der Waals surface area contributed by atoms with Crippen LogP contribution >= 0.6 is 11.3 Å². The number of nitrogens with zero attached hydrogens (tertiary/aromatic N) is 1. The second-order valence-electron chi connectivity index (χ2n) is 6.36. The molecule has 1 fully saturated rings. The van der Waals surface area contributed by atoms with Crippen molar-refractivity contribution in [3.63, 3.8) is 0 Å². The Morgan fingerprint density at radius 3 is 2.42 bits per heavy atom. The van der Waals surface area contributed by atoms with Crippen molar-refractivity contribution < 1.29 is 14.3 Å². The molecule has 3 rings (SSSR count). The molecule has 0 spiro atoms. The van der Waals surface area contributed by atoms with Gasteiger partial charge in [0.25, 0.3) is 11.8 Å². The first-order valence-electron chi connectivity index (χ1n) is 8.59. The third-order valence-electron chi connectivity index (χ3n) is 4.05. The Kier molecular flexibility index (Phi) is 5.85. The maximum Gasteiger partial charge on any atom is 0.270 e. The number of hydrogen-bond donors (Lipinski definition) is 1. The van der Waals surface area contributed by atoms with Crippen molar-refractivity contribution in [1.82, 2.24) is 10.2 Å². The largest absolute Gasteiger partial charge is 0.372 e. The fraction of sp³-hybridized carbons (Fsp3) is 0.300. The number of morpholine rings is 1. The lowest BCUT2D eigenvalue weighted by Gasteiger charge is -2.35. The molecule has 1 aliphatic rings. The zero-order valence-corrected chi connectivity index (χ0v) is 15.7. The molecule has 0 radical (unpaired) electrons. The zero-order valence-electron chi connectivity index (χ0n) is 14.8. The van der Waals surface area contributed by atoms with Crippen molar-refractivity contribution in [2.45, 2.75) is 26.1 Å². The Morgan fingerprint density at radius 1 is 1.12 bits per heavy atom. The van der Waals surface area contributed by atoms with E-state index in [0.717, 1.165) is 4.88 Å². The summed E-state index contributed by atoms with van der Waals surface area (Å²) in [7, 11) is 0. The van der Waals surface area contributed by atoms with E-state index in [2.05, 4.69) is 5.32 Å². The number of carbonyl (C=O) groups is 2. The second-order valence-corrected chi connectivity index (χ2v) is 7.34. The Bertz CT molecular complexity index is 777. The number of amides is 2. The summed E-state index contributed by atoms with van der Waals surface area (Å²) >= 11 is 1.52. The van der Waals surface area contributed by atoms with Crippen LogP contribution in [0, 0.1) is 0 Å². The van der Waals surface area contributed by atoms with Crippen LogP contribution in [0.15, 0.2) is 53.5 Å². The normalized spacial score (nSPS) is 20.7. The van der Waals surface area contributed by atoms with Crippen LogP contribution in [0.2, 0.25) is 0 Å². The molecule has 1 aromatic heterocycles. The standard InChI is InChI=1S/C20H22N2O3S/c1-14-12-22(13-15(2)25-14)20(24)18(11-17-9-6-10-26-17)21-19(23)16-7-4-3-5-8-16/h3-11,14-15H,12-13H2,1-2H3,(H,21,23)/b18-11-/t14-,15-/m0/s1.